The van der Waals surface area contributed by atoms with Crippen molar-refractivity contribution in [2.75, 3.05) is 12.8 Å². The predicted molar refractivity (Wildman–Crippen MR) is 71.6 cm³/mol. The van der Waals surface area contributed by atoms with Crippen molar-refractivity contribution in [2.24, 2.45) is 0 Å². The molecule has 0 saturated carbocycles. The number of benzene rings is 2. The first-order chi connectivity index (χ1) is 8.20. The maximum atomic E-state index is 5.76. The van der Waals surface area contributed by atoms with Crippen molar-refractivity contribution in [3.8, 4) is 17.2 Å². The minimum Gasteiger partial charge on any atom is -0.493 e. The number of para-hydroxylation sites is 2. The number of hydrogen-bond acceptors (Lipinski definition) is 3. The highest BCUT2D eigenvalue weighted by atomic mass is 79.9. The predicted octanol–water partition coefficient (Wildman–Crippen LogP) is 3.83. The van der Waals surface area contributed by atoms with Crippen molar-refractivity contribution in [3.05, 3.63) is 46.9 Å². The molecular formula is C13H12BrNO2. The monoisotopic (exact) mass is 293 g/mol. The third kappa shape index (κ3) is 2.71. The van der Waals surface area contributed by atoms with Gasteiger partial charge in [0.2, 0.25) is 0 Å². The van der Waals surface area contributed by atoms with Gasteiger partial charge in [-0.05, 0) is 46.3 Å². The Bertz CT molecular complexity index is 529. The molecule has 0 saturated heterocycles. The number of rotatable bonds is 3. The summed E-state index contributed by atoms with van der Waals surface area (Å²) in [6, 6.07) is 12.9. The van der Waals surface area contributed by atoms with E-state index in [-0.39, 0.29) is 0 Å². The van der Waals surface area contributed by atoms with E-state index >= 15 is 0 Å². The van der Waals surface area contributed by atoms with Crippen LogP contribution in [0.25, 0.3) is 0 Å². The van der Waals surface area contributed by atoms with Gasteiger partial charge in [0.05, 0.1) is 11.6 Å². The van der Waals surface area contributed by atoms with Crippen LogP contribution in [0.4, 0.5) is 5.69 Å². The molecule has 0 aliphatic rings. The lowest BCUT2D eigenvalue weighted by molar-refractivity contribution is 0.378. The van der Waals surface area contributed by atoms with Gasteiger partial charge in [0, 0.05) is 5.69 Å². The van der Waals surface area contributed by atoms with Gasteiger partial charge in [0.1, 0.15) is 5.75 Å². The average Bonchev–Trinajstić information content (AvgIpc) is 2.33. The van der Waals surface area contributed by atoms with Crippen molar-refractivity contribution in [1.82, 2.24) is 0 Å². The van der Waals surface area contributed by atoms with Crippen LogP contribution in [0.5, 0.6) is 17.2 Å². The molecule has 88 valence electrons. The van der Waals surface area contributed by atoms with Crippen LogP contribution in [0.1, 0.15) is 0 Å². The Kier molecular flexibility index (Phi) is 3.54. The van der Waals surface area contributed by atoms with E-state index in [0.29, 0.717) is 22.9 Å². The Labute approximate surface area is 108 Å². The van der Waals surface area contributed by atoms with Gasteiger partial charge in [-0.3, -0.25) is 0 Å². The molecule has 0 aliphatic carbocycles. The van der Waals surface area contributed by atoms with Crippen LogP contribution in [0.2, 0.25) is 0 Å². The van der Waals surface area contributed by atoms with Crippen molar-refractivity contribution >= 4 is 21.6 Å². The van der Waals surface area contributed by atoms with Crippen LogP contribution in [0.3, 0.4) is 0 Å². The van der Waals surface area contributed by atoms with Crippen LogP contribution < -0.4 is 15.2 Å². The van der Waals surface area contributed by atoms with Gasteiger partial charge in [-0.25, -0.2) is 0 Å². The molecule has 0 aromatic heterocycles. The second kappa shape index (κ2) is 5.10. The molecule has 0 aliphatic heterocycles. The molecule has 2 aromatic rings. The molecule has 0 bridgehead atoms. The largest absolute Gasteiger partial charge is 0.493 e. The fourth-order valence-electron chi connectivity index (χ4n) is 1.42. The molecule has 17 heavy (non-hydrogen) atoms. The van der Waals surface area contributed by atoms with Gasteiger partial charge in [0.25, 0.3) is 0 Å². The first-order valence-corrected chi connectivity index (χ1v) is 5.86. The van der Waals surface area contributed by atoms with E-state index in [1.165, 1.54) is 0 Å². The van der Waals surface area contributed by atoms with Crippen molar-refractivity contribution in [3.63, 3.8) is 0 Å². The quantitative estimate of drug-likeness (QED) is 0.875. The number of ether oxygens (including phenoxy) is 2. The summed E-state index contributed by atoms with van der Waals surface area (Å²) in [6.45, 7) is 0. The summed E-state index contributed by atoms with van der Waals surface area (Å²) in [5, 5.41) is 0. The molecule has 0 heterocycles. The zero-order chi connectivity index (χ0) is 12.3. The normalized spacial score (nSPS) is 10.0. The Balaban J connectivity index is 2.31. The fourth-order valence-corrected chi connectivity index (χ4v) is 1.90. The van der Waals surface area contributed by atoms with Crippen LogP contribution in [-0.4, -0.2) is 7.11 Å². The standard InChI is InChI=1S/C13H12BrNO2/c1-16-12-4-2-3-5-13(12)17-11-7-6-9(15)8-10(11)14/h2-8H,15H2,1H3. The lowest BCUT2D eigenvalue weighted by Crippen LogP contribution is -1.91. The van der Waals surface area contributed by atoms with Gasteiger partial charge in [-0.15, -0.1) is 0 Å². The average molecular weight is 294 g/mol. The van der Waals surface area contributed by atoms with Gasteiger partial charge in [-0.2, -0.15) is 0 Å². The molecule has 2 rings (SSSR count). The molecule has 2 N–H and O–H groups in total. The van der Waals surface area contributed by atoms with E-state index in [1.807, 2.05) is 30.3 Å². The number of nitrogens with two attached hydrogens (primary N) is 1. The first-order valence-electron chi connectivity index (χ1n) is 5.06. The SMILES string of the molecule is COc1ccccc1Oc1ccc(N)cc1Br. The smallest absolute Gasteiger partial charge is 0.169 e. The van der Waals surface area contributed by atoms with Gasteiger partial charge in [0.15, 0.2) is 11.5 Å². The van der Waals surface area contributed by atoms with E-state index in [2.05, 4.69) is 15.9 Å². The Morgan fingerprint density at radius 1 is 1.00 bits per heavy atom. The maximum absolute atomic E-state index is 5.76. The topological polar surface area (TPSA) is 44.5 Å². The lowest BCUT2D eigenvalue weighted by Gasteiger charge is -2.11. The maximum Gasteiger partial charge on any atom is 0.169 e. The summed E-state index contributed by atoms with van der Waals surface area (Å²) in [5.74, 6) is 2.06. The first kappa shape index (κ1) is 11.8. The number of methoxy groups -OCH3 is 1. The molecule has 0 radical (unpaired) electrons. The fraction of sp³-hybridized carbons (Fsp3) is 0.0769. The summed E-state index contributed by atoms with van der Waals surface area (Å²) in [7, 11) is 1.61. The highest BCUT2D eigenvalue weighted by molar-refractivity contribution is 9.10. The summed E-state index contributed by atoms with van der Waals surface area (Å²) in [6.07, 6.45) is 0. The number of anilines is 1. The summed E-state index contributed by atoms with van der Waals surface area (Å²) in [5.41, 5.74) is 6.35. The van der Waals surface area contributed by atoms with E-state index in [1.54, 1.807) is 19.2 Å². The summed E-state index contributed by atoms with van der Waals surface area (Å²) < 4.78 is 11.8. The molecule has 0 amide bonds. The molecule has 0 fully saturated rings. The van der Waals surface area contributed by atoms with Gasteiger partial charge in [-0.1, -0.05) is 12.1 Å². The van der Waals surface area contributed by atoms with E-state index in [9.17, 15) is 0 Å². The van der Waals surface area contributed by atoms with Crippen LogP contribution in [0, 0.1) is 0 Å². The van der Waals surface area contributed by atoms with Crippen LogP contribution >= 0.6 is 15.9 Å². The van der Waals surface area contributed by atoms with E-state index in [0.717, 1.165) is 4.47 Å². The summed E-state index contributed by atoms with van der Waals surface area (Å²) >= 11 is 3.41. The molecule has 0 atom stereocenters. The molecule has 4 heteroatoms. The van der Waals surface area contributed by atoms with Crippen LogP contribution in [0.15, 0.2) is 46.9 Å². The Hall–Kier alpha value is -1.68. The van der Waals surface area contributed by atoms with Crippen molar-refractivity contribution in [1.29, 1.82) is 0 Å². The Morgan fingerprint density at radius 3 is 2.35 bits per heavy atom. The second-order valence-electron chi connectivity index (χ2n) is 3.44. The molecule has 2 aromatic carbocycles. The lowest BCUT2D eigenvalue weighted by atomic mass is 10.3. The molecule has 3 nitrogen and oxygen atoms in total. The number of halogens is 1. The zero-order valence-corrected chi connectivity index (χ0v) is 10.9. The van der Waals surface area contributed by atoms with Crippen LogP contribution in [-0.2, 0) is 0 Å². The van der Waals surface area contributed by atoms with Gasteiger partial charge < -0.3 is 15.2 Å². The highest BCUT2D eigenvalue weighted by Crippen LogP contribution is 2.35. The van der Waals surface area contributed by atoms with E-state index in [4.69, 9.17) is 15.2 Å². The van der Waals surface area contributed by atoms with Crippen molar-refractivity contribution < 1.29 is 9.47 Å². The molecular weight excluding hydrogens is 282 g/mol. The third-order valence-electron chi connectivity index (χ3n) is 2.24. The summed E-state index contributed by atoms with van der Waals surface area (Å²) in [4.78, 5) is 0. The Morgan fingerprint density at radius 2 is 1.71 bits per heavy atom. The number of nitrogen functional groups attached to an aromatic ring is 1. The highest BCUT2D eigenvalue weighted by Gasteiger charge is 2.07. The molecule has 0 unspecified atom stereocenters. The minimum atomic E-state index is 0.667. The van der Waals surface area contributed by atoms with Gasteiger partial charge >= 0.3 is 0 Å². The second-order valence-corrected chi connectivity index (χ2v) is 4.30. The number of hydrogen-bond donors (Lipinski definition) is 1. The molecule has 0 spiro atoms. The zero-order valence-electron chi connectivity index (χ0n) is 9.31. The third-order valence-corrected chi connectivity index (χ3v) is 2.86. The minimum absolute atomic E-state index is 0.667. The van der Waals surface area contributed by atoms with Crippen molar-refractivity contribution in [2.45, 2.75) is 0 Å². The van der Waals surface area contributed by atoms with E-state index < -0.39 is 0 Å².